The minimum absolute atomic E-state index is 0.0482. The van der Waals surface area contributed by atoms with Gasteiger partial charge in [0.2, 0.25) is 11.8 Å². The Morgan fingerprint density at radius 1 is 0.848 bits per heavy atom. The normalized spacial score (nSPS) is 11.3. The van der Waals surface area contributed by atoms with Gasteiger partial charge in [0.15, 0.2) is 0 Å². The highest BCUT2D eigenvalue weighted by molar-refractivity contribution is 6.03. The Bertz CT molecular complexity index is 1100. The van der Waals surface area contributed by atoms with Crippen molar-refractivity contribution >= 4 is 23.4 Å². The Hall–Kier alpha value is -3.93. The predicted molar refractivity (Wildman–Crippen MR) is 130 cm³/mol. The maximum Gasteiger partial charge on any atom is 0.253 e. The van der Waals surface area contributed by atoms with Crippen molar-refractivity contribution in [3.8, 4) is 0 Å². The zero-order chi connectivity index (χ0) is 23.6. The van der Waals surface area contributed by atoms with Crippen LogP contribution in [0.15, 0.2) is 78.9 Å². The highest BCUT2D eigenvalue weighted by Gasteiger charge is 2.19. The number of benzene rings is 3. The molecule has 6 nitrogen and oxygen atoms in total. The molecule has 3 rings (SSSR count). The van der Waals surface area contributed by atoms with E-state index in [1.54, 1.807) is 24.3 Å². The molecule has 3 amide bonds. The lowest BCUT2D eigenvalue weighted by Crippen LogP contribution is -2.30. The van der Waals surface area contributed by atoms with Gasteiger partial charge in [0.05, 0.1) is 23.7 Å². The lowest BCUT2D eigenvalue weighted by Gasteiger charge is -2.19. The number of para-hydroxylation sites is 1. The molecule has 0 aromatic heterocycles. The topological polar surface area (TPSA) is 87.3 Å². The summed E-state index contributed by atoms with van der Waals surface area (Å²) in [6.07, 6.45) is 0.767. The fourth-order valence-corrected chi connectivity index (χ4v) is 3.53. The first-order chi connectivity index (χ1) is 15.9. The molecule has 6 heteroatoms. The molecular weight excluding hydrogens is 414 g/mol. The van der Waals surface area contributed by atoms with Crippen molar-refractivity contribution in [1.82, 2.24) is 10.6 Å². The zero-order valence-corrected chi connectivity index (χ0v) is 18.9. The standard InChI is InChI=1S/C27H29N3O3/c1-19-12-14-22(15-13-19)25(29-20(2)31)18-26(32)30-24-11-7-6-10-23(24)27(33)28-17-16-21-8-4-3-5-9-21/h3-15,25H,16-18H2,1-2H3,(H,28,33)(H,29,31)(H,30,32). The molecule has 0 spiro atoms. The van der Waals surface area contributed by atoms with Crippen molar-refractivity contribution in [1.29, 1.82) is 0 Å². The van der Waals surface area contributed by atoms with Gasteiger partial charge in [-0.15, -0.1) is 0 Å². The van der Waals surface area contributed by atoms with Gasteiger partial charge in [-0.25, -0.2) is 0 Å². The lowest BCUT2D eigenvalue weighted by molar-refractivity contribution is -0.120. The van der Waals surface area contributed by atoms with Gasteiger partial charge in [0.1, 0.15) is 0 Å². The highest BCUT2D eigenvalue weighted by Crippen LogP contribution is 2.20. The van der Waals surface area contributed by atoms with Crippen molar-refractivity contribution in [3.63, 3.8) is 0 Å². The van der Waals surface area contributed by atoms with Crippen LogP contribution in [0.2, 0.25) is 0 Å². The zero-order valence-electron chi connectivity index (χ0n) is 18.9. The highest BCUT2D eigenvalue weighted by atomic mass is 16.2. The number of hydrogen-bond acceptors (Lipinski definition) is 3. The van der Waals surface area contributed by atoms with E-state index in [0.29, 0.717) is 17.8 Å². The average molecular weight is 444 g/mol. The van der Waals surface area contributed by atoms with Crippen molar-refractivity contribution in [2.75, 3.05) is 11.9 Å². The molecule has 0 radical (unpaired) electrons. The van der Waals surface area contributed by atoms with Gasteiger partial charge in [0, 0.05) is 13.5 Å². The Kier molecular flexibility index (Phi) is 8.36. The Morgan fingerprint density at radius 2 is 1.52 bits per heavy atom. The minimum Gasteiger partial charge on any atom is -0.352 e. The number of aryl methyl sites for hydroxylation is 1. The number of carbonyl (C=O) groups is 3. The Morgan fingerprint density at radius 3 is 2.21 bits per heavy atom. The van der Waals surface area contributed by atoms with Gasteiger partial charge in [0.25, 0.3) is 5.91 Å². The molecule has 33 heavy (non-hydrogen) atoms. The van der Waals surface area contributed by atoms with Crippen molar-refractivity contribution in [2.45, 2.75) is 32.7 Å². The molecule has 3 N–H and O–H groups in total. The summed E-state index contributed by atoms with van der Waals surface area (Å²) >= 11 is 0. The van der Waals surface area contributed by atoms with E-state index in [-0.39, 0.29) is 24.1 Å². The van der Waals surface area contributed by atoms with Gasteiger partial charge in [-0.3, -0.25) is 14.4 Å². The van der Waals surface area contributed by atoms with Crippen LogP contribution in [-0.4, -0.2) is 24.3 Å². The predicted octanol–water partition coefficient (Wildman–Crippen LogP) is 4.17. The molecular formula is C27H29N3O3. The number of carbonyl (C=O) groups excluding carboxylic acids is 3. The fraction of sp³-hybridized carbons (Fsp3) is 0.222. The number of anilines is 1. The third kappa shape index (κ3) is 7.31. The molecule has 3 aromatic carbocycles. The number of rotatable bonds is 9. The largest absolute Gasteiger partial charge is 0.352 e. The maximum absolute atomic E-state index is 12.8. The molecule has 0 bridgehead atoms. The van der Waals surface area contributed by atoms with E-state index >= 15 is 0 Å². The SMILES string of the molecule is CC(=O)NC(CC(=O)Nc1ccccc1C(=O)NCCc1ccccc1)c1ccc(C)cc1. The van der Waals surface area contributed by atoms with Gasteiger partial charge in [-0.05, 0) is 36.6 Å². The Labute approximate surface area is 194 Å². The van der Waals surface area contributed by atoms with E-state index in [9.17, 15) is 14.4 Å². The lowest BCUT2D eigenvalue weighted by atomic mass is 10.0. The second kappa shape index (κ2) is 11.6. The molecule has 0 aliphatic carbocycles. The molecule has 1 atom stereocenters. The first-order valence-electron chi connectivity index (χ1n) is 11.0. The summed E-state index contributed by atoms with van der Waals surface area (Å²) < 4.78 is 0. The summed E-state index contributed by atoms with van der Waals surface area (Å²) in [5, 5.41) is 8.58. The van der Waals surface area contributed by atoms with Crippen molar-refractivity contribution < 1.29 is 14.4 Å². The van der Waals surface area contributed by atoms with Crippen LogP contribution in [-0.2, 0) is 16.0 Å². The number of amides is 3. The molecule has 0 saturated carbocycles. The molecule has 1 unspecified atom stereocenters. The Balaban J connectivity index is 1.64. The molecule has 0 fully saturated rings. The van der Waals surface area contributed by atoms with E-state index in [0.717, 1.165) is 23.1 Å². The number of hydrogen-bond donors (Lipinski definition) is 3. The molecule has 0 aliphatic rings. The summed E-state index contributed by atoms with van der Waals surface area (Å²) in [5.74, 6) is -0.760. The summed E-state index contributed by atoms with van der Waals surface area (Å²) in [5.41, 5.74) is 3.91. The van der Waals surface area contributed by atoms with E-state index < -0.39 is 6.04 Å². The molecule has 0 aliphatic heterocycles. The minimum atomic E-state index is -0.463. The molecule has 3 aromatic rings. The quantitative estimate of drug-likeness (QED) is 0.464. The van der Waals surface area contributed by atoms with Crippen LogP contribution in [0.4, 0.5) is 5.69 Å². The fourth-order valence-electron chi connectivity index (χ4n) is 3.53. The summed E-state index contributed by atoms with van der Waals surface area (Å²) in [6, 6.07) is 24.0. The van der Waals surface area contributed by atoms with Gasteiger partial charge >= 0.3 is 0 Å². The summed E-state index contributed by atoms with van der Waals surface area (Å²) in [7, 11) is 0. The smallest absolute Gasteiger partial charge is 0.253 e. The second-order valence-corrected chi connectivity index (χ2v) is 7.95. The van der Waals surface area contributed by atoms with Crippen LogP contribution in [0.25, 0.3) is 0 Å². The average Bonchev–Trinajstić information content (AvgIpc) is 2.80. The number of nitrogens with one attached hydrogen (secondary N) is 3. The maximum atomic E-state index is 12.8. The molecule has 170 valence electrons. The second-order valence-electron chi connectivity index (χ2n) is 7.95. The van der Waals surface area contributed by atoms with Crippen LogP contribution >= 0.6 is 0 Å². The summed E-state index contributed by atoms with van der Waals surface area (Å²) in [4.78, 5) is 37.2. The van der Waals surface area contributed by atoms with Crippen LogP contribution < -0.4 is 16.0 Å². The van der Waals surface area contributed by atoms with Crippen molar-refractivity contribution in [2.24, 2.45) is 0 Å². The van der Waals surface area contributed by atoms with Crippen LogP contribution in [0, 0.1) is 6.92 Å². The van der Waals surface area contributed by atoms with Crippen LogP contribution in [0.5, 0.6) is 0 Å². The van der Waals surface area contributed by atoms with E-state index in [2.05, 4.69) is 16.0 Å². The third-order valence-corrected chi connectivity index (χ3v) is 5.23. The first-order valence-corrected chi connectivity index (χ1v) is 11.0. The monoisotopic (exact) mass is 443 g/mol. The van der Waals surface area contributed by atoms with Crippen LogP contribution in [0.3, 0.4) is 0 Å². The third-order valence-electron chi connectivity index (χ3n) is 5.23. The first kappa shape index (κ1) is 23.7. The molecule has 0 heterocycles. The van der Waals surface area contributed by atoms with Crippen molar-refractivity contribution in [3.05, 3.63) is 101 Å². The van der Waals surface area contributed by atoms with E-state index in [1.807, 2.05) is 61.5 Å². The van der Waals surface area contributed by atoms with E-state index in [1.165, 1.54) is 6.92 Å². The van der Waals surface area contributed by atoms with Crippen LogP contribution in [0.1, 0.15) is 46.4 Å². The van der Waals surface area contributed by atoms with Gasteiger partial charge in [-0.1, -0.05) is 72.3 Å². The van der Waals surface area contributed by atoms with E-state index in [4.69, 9.17) is 0 Å². The van der Waals surface area contributed by atoms with Gasteiger partial charge in [-0.2, -0.15) is 0 Å². The summed E-state index contributed by atoms with van der Waals surface area (Å²) in [6.45, 7) is 3.89. The van der Waals surface area contributed by atoms with Gasteiger partial charge < -0.3 is 16.0 Å². The molecule has 0 saturated heterocycles.